The van der Waals surface area contributed by atoms with Crippen LogP contribution in [0.15, 0.2) is 22.5 Å². The standard InChI is InChI=1S/C18H30N4S.HI/c19-18(21-15-8-3-1-2-4-9-15)20-14-16(17-10-7-13-23-17)22-11-5-6-12-22;/h7,10,13,15-16H,1-6,8-9,11-12,14H2,(H3,19,20,21);1H. The fourth-order valence-electron chi connectivity index (χ4n) is 3.78. The number of guanidine groups is 1. The van der Waals surface area contributed by atoms with Crippen LogP contribution in [0.1, 0.15) is 62.3 Å². The summed E-state index contributed by atoms with van der Waals surface area (Å²) in [4.78, 5) is 8.68. The van der Waals surface area contributed by atoms with Gasteiger partial charge >= 0.3 is 0 Å². The van der Waals surface area contributed by atoms with Crippen LogP contribution in [0.25, 0.3) is 0 Å². The second kappa shape index (κ2) is 10.6. The SMILES string of the molecule is I.NC(=NCC(c1cccs1)N1CCCC1)NC1CCCCCC1. The molecule has 1 saturated carbocycles. The maximum absolute atomic E-state index is 6.18. The van der Waals surface area contributed by atoms with Crippen LogP contribution in [-0.2, 0) is 0 Å². The number of thiophene rings is 1. The van der Waals surface area contributed by atoms with Crippen LogP contribution in [-0.4, -0.2) is 36.5 Å². The molecule has 4 nitrogen and oxygen atoms in total. The van der Waals surface area contributed by atoms with Gasteiger partial charge in [-0.1, -0.05) is 31.7 Å². The molecular formula is C18H31IN4S. The molecule has 1 aliphatic carbocycles. The van der Waals surface area contributed by atoms with Gasteiger partial charge < -0.3 is 11.1 Å². The second-order valence-electron chi connectivity index (χ2n) is 6.83. The van der Waals surface area contributed by atoms with Crippen LogP contribution in [0.2, 0.25) is 0 Å². The van der Waals surface area contributed by atoms with E-state index in [-0.39, 0.29) is 24.0 Å². The summed E-state index contributed by atoms with van der Waals surface area (Å²) in [5, 5.41) is 5.62. The zero-order chi connectivity index (χ0) is 15.9. The van der Waals surface area contributed by atoms with E-state index >= 15 is 0 Å². The number of hydrogen-bond acceptors (Lipinski definition) is 3. The number of rotatable bonds is 5. The zero-order valence-electron chi connectivity index (χ0n) is 14.5. The van der Waals surface area contributed by atoms with E-state index in [1.54, 1.807) is 0 Å². The fraction of sp³-hybridized carbons (Fsp3) is 0.722. The molecule has 3 rings (SSSR count). The van der Waals surface area contributed by atoms with Crippen LogP contribution in [0.5, 0.6) is 0 Å². The van der Waals surface area contributed by atoms with Gasteiger partial charge in [-0.3, -0.25) is 9.89 Å². The first-order chi connectivity index (χ1) is 11.3. The third-order valence-corrected chi connectivity index (χ3v) is 6.07. The normalized spacial score (nSPS) is 21.9. The molecule has 136 valence electrons. The summed E-state index contributed by atoms with van der Waals surface area (Å²) in [6.45, 7) is 3.15. The number of nitrogens with zero attached hydrogens (tertiary/aromatic N) is 2. The monoisotopic (exact) mass is 462 g/mol. The van der Waals surface area contributed by atoms with E-state index in [2.05, 4.69) is 27.7 Å². The molecule has 2 fully saturated rings. The van der Waals surface area contributed by atoms with Crippen LogP contribution >= 0.6 is 35.3 Å². The minimum Gasteiger partial charge on any atom is -0.370 e. The van der Waals surface area contributed by atoms with Gasteiger partial charge in [0.1, 0.15) is 0 Å². The van der Waals surface area contributed by atoms with Crippen molar-refractivity contribution in [1.29, 1.82) is 0 Å². The van der Waals surface area contributed by atoms with Crippen molar-refractivity contribution in [3.63, 3.8) is 0 Å². The lowest BCUT2D eigenvalue weighted by Gasteiger charge is -2.25. The van der Waals surface area contributed by atoms with E-state index in [0.29, 0.717) is 18.0 Å². The van der Waals surface area contributed by atoms with E-state index in [0.717, 1.165) is 6.54 Å². The Morgan fingerprint density at radius 1 is 1.21 bits per heavy atom. The topological polar surface area (TPSA) is 53.6 Å². The van der Waals surface area contributed by atoms with Crippen LogP contribution in [0.3, 0.4) is 0 Å². The molecule has 1 aromatic rings. The van der Waals surface area contributed by atoms with Crippen molar-refractivity contribution in [3.8, 4) is 0 Å². The minimum atomic E-state index is 0. The fourth-order valence-corrected chi connectivity index (χ4v) is 4.63. The zero-order valence-corrected chi connectivity index (χ0v) is 17.6. The summed E-state index contributed by atoms with van der Waals surface area (Å²) < 4.78 is 0. The lowest BCUT2D eigenvalue weighted by atomic mass is 10.1. The highest BCUT2D eigenvalue weighted by Gasteiger charge is 2.24. The lowest BCUT2D eigenvalue weighted by molar-refractivity contribution is 0.255. The molecule has 6 heteroatoms. The van der Waals surface area contributed by atoms with Crippen molar-refractivity contribution in [3.05, 3.63) is 22.4 Å². The molecule has 0 radical (unpaired) electrons. The summed E-state index contributed by atoms with van der Waals surface area (Å²) in [6, 6.07) is 5.29. The highest BCUT2D eigenvalue weighted by Crippen LogP contribution is 2.28. The van der Waals surface area contributed by atoms with Crippen LogP contribution in [0, 0.1) is 0 Å². The third kappa shape index (κ3) is 5.88. The minimum absolute atomic E-state index is 0. The Kier molecular flexibility index (Phi) is 8.83. The van der Waals surface area contributed by atoms with Crippen molar-refractivity contribution < 1.29 is 0 Å². The van der Waals surface area contributed by atoms with Crippen molar-refractivity contribution in [2.24, 2.45) is 10.7 Å². The largest absolute Gasteiger partial charge is 0.370 e. The molecule has 24 heavy (non-hydrogen) atoms. The Morgan fingerprint density at radius 2 is 1.92 bits per heavy atom. The predicted octanol–water partition coefficient (Wildman–Crippen LogP) is 4.13. The molecule has 0 spiro atoms. The molecule has 3 N–H and O–H groups in total. The van der Waals surface area contributed by atoms with Crippen molar-refractivity contribution in [2.75, 3.05) is 19.6 Å². The molecule has 0 aromatic carbocycles. The Bertz CT molecular complexity index is 477. The summed E-state index contributed by atoms with van der Waals surface area (Å²) in [5.74, 6) is 0.637. The molecule has 1 aromatic heterocycles. The van der Waals surface area contributed by atoms with Gasteiger partial charge in [0.05, 0.1) is 12.6 Å². The summed E-state index contributed by atoms with van der Waals surface area (Å²) in [5.41, 5.74) is 6.18. The van der Waals surface area contributed by atoms with E-state index < -0.39 is 0 Å². The van der Waals surface area contributed by atoms with Gasteiger partial charge in [0.2, 0.25) is 0 Å². The molecule has 2 heterocycles. The van der Waals surface area contributed by atoms with Gasteiger partial charge in [-0.25, -0.2) is 0 Å². The first-order valence-electron chi connectivity index (χ1n) is 9.17. The quantitative estimate of drug-likeness (QED) is 0.300. The predicted molar refractivity (Wildman–Crippen MR) is 114 cm³/mol. The van der Waals surface area contributed by atoms with E-state index in [9.17, 15) is 0 Å². The second-order valence-corrected chi connectivity index (χ2v) is 7.81. The van der Waals surface area contributed by atoms with E-state index in [1.165, 1.54) is 69.3 Å². The molecule has 1 unspecified atom stereocenters. The number of nitrogens with one attached hydrogen (secondary N) is 1. The summed E-state index contributed by atoms with van der Waals surface area (Å²) in [7, 11) is 0. The summed E-state index contributed by atoms with van der Waals surface area (Å²) >= 11 is 1.84. The Labute approximate surface area is 167 Å². The highest BCUT2D eigenvalue weighted by molar-refractivity contribution is 14.0. The van der Waals surface area contributed by atoms with Gasteiger partial charge in [0, 0.05) is 10.9 Å². The number of halogens is 1. The first kappa shape index (κ1) is 20.0. The van der Waals surface area contributed by atoms with Gasteiger partial charge in [-0.15, -0.1) is 35.3 Å². The highest BCUT2D eigenvalue weighted by atomic mass is 127. The lowest BCUT2D eigenvalue weighted by Crippen LogP contribution is -2.40. The third-order valence-electron chi connectivity index (χ3n) is 5.09. The maximum Gasteiger partial charge on any atom is 0.188 e. The number of aliphatic imine (C=N–C) groups is 1. The molecule has 1 saturated heterocycles. The average molecular weight is 462 g/mol. The summed E-state index contributed by atoms with van der Waals surface area (Å²) in [6.07, 6.45) is 10.4. The van der Waals surface area contributed by atoms with Gasteiger partial charge in [0.15, 0.2) is 5.96 Å². The van der Waals surface area contributed by atoms with Crippen molar-refractivity contribution in [1.82, 2.24) is 10.2 Å². The van der Waals surface area contributed by atoms with Gasteiger partial charge in [-0.2, -0.15) is 0 Å². The number of nitrogens with two attached hydrogens (primary N) is 1. The Morgan fingerprint density at radius 3 is 2.54 bits per heavy atom. The average Bonchev–Trinajstić information content (AvgIpc) is 3.20. The molecule has 1 atom stereocenters. The Balaban J connectivity index is 0.00000208. The van der Waals surface area contributed by atoms with Crippen LogP contribution in [0.4, 0.5) is 0 Å². The van der Waals surface area contributed by atoms with Crippen molar-refractivity contribution in [2.45, 2.75) is 63.5 Å². The van der Waals surface area contributed by atoms with Crippen molar-refractivity contribution >= 4 is 41.3 Å². The van der Waals surface area contributed by atoms with Gasteiger partial charge in [0.25, 0.3) is 0 Å². The van der Waals surface area contributed by atoms with Gasteiger partial charge in [-0.05, 0) is 50.2 Å². The maximum atomic E-state index is 6.18. The van der Waals surface area contributed by atoms with E-state index in [4.69, 9.17) is 10.7 Å². The Hall–Kier alpha value is -0.340. The molecular weight excluding hydrogens is 431 g/mol. The first-order valence-corrected chi connectivity index (χ1v) is 10.0. The molecule has 2 aliphatic rings. The number of likely N-dealkylation sites (tertiary alicyclic amines) is 1. The van der Waals surface area contributed by atoms with E-state index in [1.807, 2.05) is 11.3 Å². The van der Waals surface area contributed by atoms with Crippen LogP contribution < -0.4 is 11.1 Å². The number of hydrogen-bond donors (Lipinski definition) is 2. The molecule has 0 amide bonds. The molecule has 0 bridgehead atoms. The molecule has 1 aliphatic heterocycles. The smallest absolute Gasteiger partial charge is 0.188 e.